The van der Waals surface area contributed by atoms with Crippen molar-refractivity contribution in [2.24, 2.45) is 5.84 Å². The van der Waals surface area contributed by atoms with E-state index in [2.05, 4.69) is 5.43 Å². The number of hydrogen-bond donors (Lipinski definition) is 2. The molecule has 0 aliphatic carbocycles. The highest BCUT2D eigenvalue weighted by molar-refractivity contribution is 5.65. The first-order chi connectivity index (χ1) is 6.27. The smallest absolute Gasteiger partial charge is 0.150 e. The number of allylic oxidation sites excluding steroid dienone is 1. The average Bonchev–Trinajstić information content (AvgIpc) is 2.47. The Kier molecular flexibility index (Phi) is 1.92. The lowest BCUT2D eigenvalue weighted by Gasteiger charge is -2.07. The molecule has 0 amide bonds. The number of nitrogens with zero attached hydrogens (tertiary/aromatic N) is 1. The molecule has 1 aromatic rings. The van der Waals surface area contributed by atoms with Crippen LogP contribution in [0.3, 0.4) is 0 Å². The van der Waals surface area contributed by atoms with Crippen molar-refractivity contribution in [2.75, 3.05) is 0 Å². The summed E-state index contributed by atoms with van der Waals surface area (Å²) in [6.07, 6.45) is 0. The lowest BCUT2D eigenvalue weighted by atomic mass is 10.1. The summed E-state index contributed by atoms with van der Waals surface area (Å²) in [6, 6.07) is 9.89. The molecule has 1 aliphatic rings. The van der Waals surface area contributed by atoms with Crippen molar-refractivity contribution < 1.29 is 4.84 Å². The molecule has 2 rings (SSSR count). The highest BCUT2D eigenvalue weighted by Gasteiger charge is 2.18. The standard InChI is InChI=1S/C9H11N3O/c1-7-9(11-12(10)13-7)8-5-3-2-4-6-8/h2-6,11H,10H2,1H3. The van der Waals surface area contributed by atoms with Crippen molar-refractivity contribution in [3.05, 3.63) is 41.7 Å². The second kappa shape index (κ2) is 3.08. The van der Waals surface area contributed by atoms with Gasteiger partial charge < -0.3 is 4.84 Å². The zero-order chi connectivity index (χ0) is 9.26. The minimum Gasteiger partial charge on any atom is -0.374 e. The summed E-state index contributed by atoms with van der Waals surface area (Å²) in [7, 11) is 0. The van der Waals surface area contributed by atoms with Crippen LogP contribution in [0.15, 0.2) is 36.1 Å². The molecule has 0 unspecified atom stereocenters. The number of hydrogen-bond acceptors (Lipinski definition) is 4. The average molecular weight is 177 g/mol. The van der Waals surface area contributed by atoms with E-state index in [1.165, 1.54) is 0 Å². The Morgan fingerprint density at radius 3 is 2.54 bits per heavy atom. The van der Waals surface area contributed by atoms with Crippen molar-refractivity contribution in [1.82, 2.24) is 10.7 Å². The summed E-state index contributed by atoms with van der Waals surface area (Å²) in [5, 5.41) is 1.09. The van der Waals surface area contributed by atoms with Gasteiger partial charge in [0.05, 0.1) is 0 Å². The number of hydrazine groups is 2. The Labute approximate surface area is 76.5 Å². The van der Waals surface area contributed by atoms with Gasteiger partial charge in [-0.25, -0.2) is 5.84 Å². The summed E-state index contributed by atoms with van der Waals surface area (Å²) >= 11 is 0. The maximum Gasteiger partial charge on any atom is 0.150 e. The van der Waals surface area contributed by atoms with Crippen LogP contribution in [0, 0.1) is 0 Å². The maximum atomic E-state index is 5.41. The number of benzene rings is 1. The van der Waals surface area contributed by atoms with Gasteiger partial charge in [0.15, 0.2) is 5.76 Å². The fraction of sp³-hybridized carbons (Fsp3) is 0.111. The molecule has 0 saturated carbocycles. The summed E-state index contributed by atoms with van der Waals surface area (Å²) in [4.78, 5) is 5.11. The Balaban J connectivity index is 2.33. The molecule has 0 spiro atoms. The van der Waals surface area contributed by atoms with E-state index in [-0.39, 0.29) is 0 Å². The van der Waals surface area contributed by atoms with E-state index in [9.17, 15) is 0 Å². The van der Waals surface area contributed by atoms with Crippen LogP contribution in [0.25, 0.3) is 5.70 Å². The first kappa shape index (κ1) is 8.10. The van der Waals surface area contributed by atoms with Gasteiger partial charge in [0, 0.05) is 10.8 Å². The fourth-order valence-electron chi connectivity index (χ4n) is 1.28. The molecule has 0 fully saturated rings. The maximum absolute atomic E-state index is 5.41. The quantitative estimate of drug-likeness (QED) is 0.628. The van der Waals surface area contributed by atoms with Crippen LogP contribution in [-0.4, -0.2) is 5.28 Å². The van der Waals surface area contributed by atoms with Gasteiger partial charge in [-0.2, -0.15) is 0 Å². The SMILES string of the molecule is CC1=C(c2ccccc2)NN(N)O1. The molecule has 0 atom stereocenters. The van der Waals surface area contributed by atoms with Gasteiger partial charge in [0.2, 0.25) is 0 Å². The Hall–Kier alpha value is -1.52. The first-order valence-electron chi connectivity index (χ1n) is 4.03. The molecule has 68 valence electrons. The molecule has 0 bridgehead atoms. The van der Waals surface area contributed by atoms with E-state index in [0.717, 1.165) is 22.3 Å². The zero-order valence-electron chi connectivity index (χ0n) is 7.32. The van der Waals surface area contributed by atoms with Gasteiger partial charge in [-0.15, -0.1) is 0 Å². The number of nitrogens with two attached hydrogens (primary N) is 1. The third-order valence-corrected chi connectivity index (χ3v) is 1.87. The lowest BCUT2D eigenvalue weighted by Crippen LogP contribution is -2.36. The van der Waals surface area contributed by atoms with E-state index < -0.39 is 0 Å². The van der Waals surface area contributed by atoms with Crippen LogP contribution in [0.2, 0.25) is 0 Å². The minimum absolute atomic E-state index is 0.772. The van der Waals surface area contributed by atoms with Gasteiger partial charge in [-0.1, -0.05) is 30.3 Å². The van der Waals surface area contributed by atoms with Crippen molar-refractivity contribution >= 4 is 5.70 Å². The summed E-state index contributed by atoms with van der Waals surface area (Å²) < 4.78 is 0. The largest absolute Gasteiger partial charge is 0.374 e. The molecule has 4 heteroatoms. The predicted molar refractivity (Wildman–Crippen MR) is 49.3 cm³/mol. The number of rotatable bonds is 1. The van der Waals surface area contributed by atoms with E-state index in [1.54, 1.807) is 0 Å². The van der Waals surface area contributed by atoms with Crippen molar-refractivity contribution in [3.63, 3.8) is 0 Å². The van der Waals surface area contributed by atoms with Crippen molar-refractivity contribution in [1.29, 1.82) is 0 Å². The molecule has 1 aromatic carbocycles. The molecular weight excluding hydrogens is 166 g/mol. The van der Waals surface area contributed by atoms with Gasteiger partial charge >= 0.3 is 0 Å². The molecular formula is C9H11N3O. The van der Waals surface area contributed by atoms with Gasteiger partial charge in [0.25, 0.3) is 0 Å². The van der Waals surface area contributed by atoms with Gasteiger partial charge in [-0.3, -0.25) is 5.43 Å². The van der Waals surface area contributed by atoms with Crippen LogP contribution < -0.4 is 11.3 Å². The molecule has 0 radical (unpaired) electrons. The third kappa shape index (κ3) is 1.49. The molecule has 0 aromatic heterocycles. The van der Waals surface area contributed by atoms with E-state index >= 15 is 0 Å². The van der Waals surface area contributed by atoms with Crippen LogP contribution >= 0.6 is 0 Å². The van der Waals surface area contributed by atoms with Crippen LogP contribution in [0.4, 0.5) is 0 Å². The van der Waals surface area contributed by atoms with Crippen molar-refractivity contribution in [2.45, 2.75) is 6.92 Å². The molecule has 13 heavy (non-hydrogen) atoms. The Morgan fingerprint density at radius 1 is 1.31 bits per heavy atom. The molecule has 1 aliphatic heterocycles. The van der Waals surface area contributed by atoms with Crippen LogP contribution in [-0.2, 0) is 4.84 Å². The minimum atomic E-state index is 0.772. The highest BCUT2D eigenvalue weighted by Crippen LogP contribution is 2.20. The van der Waals surface area contributed by atoms with Gasteiger partial charge in [-0.05, 0) is 6.92 Å². The van der Waals surface area contributed by atoms with Gasteiger partial charge in [0.1, 0.15) is 5.70 Å². The fourth-order valence-corrected chi connectivity index (χ4v) is 1.28. The third-order valence-electron chi connectivity index (χ3n) is 1.87. The topological polar surface area (TPSA) is 50.5 Å². The van der Waals surface area contributed by atoms with E-state index in [4.69, 9.17) is 10.7 Å². The molecule has 3 N–H and O–H groups in total. The van der Waals surface area contributed by atoms with E-state index in [1.807, 2.05) is 37.3 Å². The second-order valence-electron chi connectivity index (χ2n) is 2.83. The van der Waals surface area contributed by atoms with Crippen molar-refractivity contribution in [3.8, 4) is 0 Å². The lowest BCUT2D eigenvalue weighted by molar-refractivity contribution is -0.127. The normalized spacial score (nSPS) is 17.1. The summed E-state index contributed by atoms with van der Waals surface area (Å²) in [5.41, 5.74) is 4.86. The second-order valence-corrected chi connectivity index (χ2v) is 2.83. The monoisotopic (exact) mass is 177 g/mol. The van der Waals surface area contributed by atoms with E-state index in [0.29, 0.717) is 0 Å². The zero-order valence-corrected chi connectivity index (χ0v) is 7.32. The summed E-state index contributed by atoms with van der Waals surface area (Å²) in [6.45, 7) is 1.86. The Morgan fingerprint density at radius 2 is 2.00 bits per heavy atom. The summed E-state index contributed by atoms with van der Waals surface area (Å²) in [5.74, 6) is 6.18. The number of nitrogens with one attached hydrogen (secondary N) is 1. The molecule has 4 nitrogen and oxygen atoms in total. The highest BCUT2D eigenvalue weighted by atomic mass is 16.7. The van der Waals surface area contributed by atoms with Crippen LogP contribution in [0.5, 0.6) is 0 Å². The first-order valence-corrected chi connectivity index (χ1v) is 4.03. The molecule has 0 saturated heterocycles. The Bertz CT molecular complexity index is 334. The van der Waals surface area contributed by atoms with Crippen LogP contribution in [0.1, 0.15) is 12.5 Å². The predicted octanol–water partition coefficient (Wildman–Crippen LogP) is 1.00. The molecule has 1 heterocycles.